The molecule has 4 atom stereocenters. The van der Waals surface area contributed by atoms with Gasteiger partial charge in [0.25, 0.3) is 0 Å². The highest BCUT2D eigenvalue weighted by Gasteiger charge is 2.70. The summed E-state index contributed by atoms with van der Waals surface area (Å²) in [5.41, 5.74) is -4.06. The molecule has 0 N–H and O–H groups in total. The van der Waals surface area contributed by atoms with E-state index in [0.717, 1.165) is 18.2 Å². The summed E-state index contributed by atoms with van der Waals surface area (Å²) < 4.78 is 61.8. The normalized spacial score (nSPS) is 27.6. The van der Waals surface area contributed by atoms with Crippen molar-refractivity contribution in [3.05, 3.63) is 69.0 Å². The zero-order valence-electron chi connectivity index (χ0n) is 20.9. The Morgan fingerprint density at radius 2 is 1.76 bits per heavy atom. The summed E-state index contributed by atoms with van der Waals surface area (Å²) in [5.74, 6) is -2.48. The van der Waals surface area contributed by atoms with E-state index in [1.54, 1.807) is 18.7 Å². The minimum Gasteiger partial charge on any atom is -0.443 e. The van der Waals surface area contributed by atoms with Gasteiger partial charge in [-0.25, -0.2) is 9.29 Å². The van der Waals surface area contributed by atoms with Crippen molar-refractivity contribution in [2.75, 3.05) is 0 Å². The van der Waals surface area contributed by atoms with Crippen LogP contribution in [0.2, 0.25) is 10.0 Å². The number of alkyl halides is 3. The Morgan fingerprint density at radius 1 is 1.11 bits per heavy atom. The number of ether oxygens (including phenoxy) is 1. The van der Waals surface area contributed by atoms with Gasteiger partial charge in [0.2, 0.25) is 0 Å². The van der Waals surface area contributed by atoms with Gasteiger partial charge in [-0.2, -0.15) is 18.4 Å². The molecule has 2 aliphatic heterocycles. The van der Waals surface area contributed by atoms with Crippen LogP contribution in [-0.4, -0.2) is 28.7 Å². The van der Waals surface area contributed by atoms with Crippen molar-refractivity contribution in [1.82, 2.24) is 4.90 Å². The van der Waals surface area contributed by atoms with Crippen molar-refractivity contribution in [3.63, 3.8) is 0 Å². The number of carbonyl (C=O) groups is 1. The summed E-state index contributed by atoms with van der Waals surface area (Å²) in [6.45, 7) is 9.23. The predicted molar refractivity (Wildman–Crippen MR) is 132 cm³/mol. The first-order valence-electron chi connectivity index (χ1n) is 11.7. The van der Waals surface area contributed by atoms with Crippen molar-refractivity contribution < 1.29 is 27.1 Å². The summed E-state index contributed by atoms with van der Waals surface area (Å²) in [5, 5.41) is 10.4. The largest absolute Gasteiger partial charge is 0.443 e. The maximum Gasteiger partial charge on any atom is 0.417 e. The maximum absolute atomic E-state index is 15.6. The Kier molecular flexibility index (Phi) is 6.63. The average molecular weight is 557 g/mol. The van der Waals surface area contributed by atoms with Gasteiger partial charge in [0.05, 0.1) is 16.7 Å². The van der Waals surface area contributed by atoms with Crippen LogP contribution in [0, 0.1) is 22.6 Å². The lowest BCUT2D eigenvalue weighted by molar-refractivity contribution is -0.152. The van der Waals surface area contributed by atoms with E-state index in [-0.39, 0.29) is 21.6 Å². The van der Waals surface area contributed by atoms with Gasteiger partial charge in [0, 0.05) is 22.5 Å². The summed E-state index contributed by atoms with van der Waals surface area (Å²) in [6.07, 6.45) is -4.35. The summed E-state index contributed by atoms with van der Waals surface area (Å²) in [6, 6.07) is 7.62. The molecule has 0 aliphatic carbocycles. The third-order valence-corrected chi connectivity index (χ3v) is 7.75. The number of esters is 1. The van der Waals surface area contributed by atoms with Gasteiger partial charge in [0.15, 0.2) is 5.72 Å². The SMILES string of the molecule is CC(C)(C)C[C@@H]1N2[C@@H](C(=O)OC2(C)C)[C@H](c2ccc(C(F)(F)F)c(Cl)c2)[C@@]1(C#N)c1ccc(Cl)cc1F. The van der Waals surface area contributed by atoms with Crippen molar-refractivity contribution >= 4 is 29.2 Å². The Morgan fingerprint density at radius 3 is 2.27 bits per heavy atom. The fourth-order valence-corrected chi connectivity index (χ4v) is 6.42. The van der Waals surface area contributed by atoms with E-state index in [9.17, 15) is 23.2 Å². The van der Waals surface area contributed by atoms with Gasteiger partial charge in [-0.3, -0.25) is 4.79 Å². The second-order valence-electron chi connectivity index (χ2n) is 11.3. The highest BCUT2D eigenvalue weighted by molar-refractivity contribution is 6.31. The zero-order chi connectivity index (χ0) is 27.7. The molecule has 0 aromatic heterocycles. The highest BCUT2D eigenvalue weighted by atomic mass is 35.5. The van der Waals surface area contributed by atoms with Gasteiger partial charge in [-0.05, 0) is 55.5 Å². The fourth-order valence-electron chi connectivity index (χ4n) is 5.96. The molecule has 2 saturated heterocycles. The van der Waals surface area contributed by atoms with Gasteiger partial charge >= 0.3 is 12.1 Å². The quantitative estimate of drug-likeness (QED) is 0.290. The van der Waals surface area contributed by atoms with E-state index < -0.39 is 57.7 Å². The standard InChI is InChI=1S/C27H26Cl2F4N2O2/c1-24(2,3)12-20-26(13-34,17-9-7-15(28)11-19(17)30)21(22-23(36)37-25(4,5)35(20)22)14-6-8-16(18(29)10-14)27(31,32)33/h6-11,20-22H,12H2,1-5H3/t20-,21-,22+,26-/m0/s1. The number of nitriles is 1. The molecule has 2 aromatic rings. The van der Waals surface area contributed by atoms with Crippen LogP contribution in [0.5, 0.6) is 0 Å². The van der Waals surface area contributed by atoms with Crippen LogP contribution in [0.15, 0.2) is 36.4 Å². The molecular formula is C27H26Cl2F4N2O2. The maximum atomic E-state index is 15.6. The Labute approximate surface area is 223 Å². The van der Waals surface area contributed by atoms with Crippen LogP contribution >= 0.6 is 23.2 Å². The second kappa shape index (κ2) is 8.86. The Bertz CT molecular complexity index is 1300. The smallest absolute Gasteiger partial charge is 0.417 e. The van der Waals surface area contributed by atoms with Gasteiger partial charge in [0.1, 0.15) is 17.3 Å². The van der Waals surface area contributed by atoms with E-state index in [4.69, 9.17) is 27.9 Å². The van der Waals surface area contributed by atoms with Crippen molar-refractivity contribution in [1.29, 1.82) is 5.26 Å². The van der Waals surface area contributed by atoms with Crippen LogP contribution in [0.25, 0.3) is 0 Å². The third-order valence-electron chi connectivity index (χ3n) is 7.21. The molecule has 0 amide bonds. The lowest BCUT2D eigenvalue weighted by Crippen LogP contribution is -2.52. The third kappa shape index (κ3) is 4.49. The molecule has 2 aliphatic rings. The molecule has 4 nitrogen and oxygen atoms in total. The number of fused-ring (bicyclic) bond motifs is 1. The molecule has 2 aromatic carbocycles. The molecule has 0 bridgehead atoms. The van der Waals surface area contributed by atoms with Gasteiger partial charge in [-0.15, -0.1) is 0 Å². The van der Waals surface area contributed by atoms with Crippen molar-refractivity contribution in [2.24, 2.45) is 5.41 Å². The van der Waals surface area contributed by atoms with E-state index in [1.807, 2.05) is 20.8 Å². The van der Waals surface area contributed by atoms with E-state index in [0.29, 0.717) is 6.42 Å². The first-order valence-corrected chi connectivity index (χ1v) is 12.4. The average Bonchev–Trinajstić information content (AvgIpc) is 3.15. The molecule has 198 valence electrons. The summed E-state index contributed by atoms with van der Waals surface area (Å²) in [7, 11) is 0. The van der Waals surface area contributed by atoms with Crippen LogP contribution in [0.4, 0.5) is 17.6 Å². The molecule has 37 heavy (non-hydrogen) atoms. The number of nitrogens with zero attached hydrogens (tertiary/aromatic N) is 2. The zero-order valence-corrected chi connectivity index (χ0v) is 22.4. The minimum absolute atomic E-state index is 0.00710. The molecule has 4 rings (SSSR count). The van der Waals surface area contributed by atoms with Crippen LogP contribution in [0.1, 0.15) is 63.6 Å². The molecule has 0 saturated carbocycles. The topological polar surface area (TPSA) is 53.3 Å². The van der Waals surface area contributed by atoms with Gasteiger partial charge in [-0.1, -0.05) is 56.1 Å². The molecule has 0 radical (unpaired) electrons. The van der Waals surface area contributed by atoms with Crippen molar-refractivity contribution in [2.45, 2.75) is 76.4 Å². The molecule has 10 heteroatoms. The number of hydrogen-bond acceptors (Lipinski definition) is 4. The van der Waals surface area contributed by atoms with E-state index >= 15 is 4.39 Å². The van der Waals surface area contributed by atoms with Crippen LogP contribution < -0.4 is 0 Å². The van der Waals surface area contributed by atoms with Crippen LogP contribution in [0.3, 0.4) is 0 Å². The predicted octanol–water partition coefficient (Wildman–Crippen LogP) is 7.48. The molecular weight excluding hydrogens is 531 g/mol. The molecule has 2 heterocycles. The number of rotatable bonds is 3. The van der Waals surface area contributed by atoms with Gasteiger partial charge < -0.3 is 4.74 Å². The fraction of sp³-hybridized carbons (Fsp3) is 0.481. The summed E-state index contributed by atoms with van der Waals surface area (Å²) in [4.78, 5) is 15.1. The first-order chi connectivity index (χ1) is 16.9. The number of cyclic esters (lactones) is 1. The Hall–Kier alpha value is -2.34. The van der Waals surface area contributed by atoms with Crippen LogP contribution in [-0.2, 0) is 21.1 Å². The number of carbonyl (C=O) groups excluding carboxylic acids is 1. The molecule has 0 unspecified atom stereocenters. The van der Waals surface area contributed by atoms with E-state index in [1.165, 1.54) is 18.2 Å². The Balaban J connectivity index is 2.08. The number of halogens is 6. The van der Waals surface area contributed by atoms with Crippen molar-refractivity contribution in [3.8, 4) is 6.07 Å². The lowest BCUT2D eigenvalue weighted by Gasteiger charge is -2.42. The molecule has 2 fully saturated rings. The summed E-state index contributed by atoms with van der Waals surface area (Å²) >= 11 is 12.1. The monoisotopic (exact) mass is 556 g/mol. The second-order valence-corrected chi connectivity index (χ2v) is 12.2. The highest BCUT2D eigenvalue weighted by Crippen LogP contribution is 2.60. The lowest BCUT2D eigenvalue weighted by atomic mass is 9.62. The molecule has 0 spiro atoms. The first kappa shape index (κ1) is 27.7. The van der Waals surface area contributed by atoms with E-state index in [2.05, 4.69) is 6.07 Å². The number of hydrogen-bond donors (Lipinski definition) is 0. The number of benzene rings is 2. The minimum atomic E-state index is -4.70.